The molecule has 0 aromatic heterocycles. The fourth-order valence-corrected chi connectivity index (χ4v) is 1.91. The fourth-order valence-electron chi connectivity index (χ4n) is 1.91. The molecule has 0 aliphatic heterocycles. The molecule has 0 saturated carbocycles. The highest BCUT2D eigenvalue weighted by Gasteiger charge is 2.18. The molecule has 0 saturated heterocycles. The number of carboxylic acids is 1. The number of aryl methyl sites for hydroxylation is 1. The van der Waals surface area contributed by atoms with Gasteiger partial charge in [0.2, 0.25) is 0 Å². The molecule has 2 atom stereocenters. The van der Waals surface area contributed by atoms with Gasteiger partial charge in [-0.15, -0.1) is 0 Å². The first kappa shape index (κ1) is 14.6. The summed E-state index contributed by atoms with van der Waals surface area (Å²) in [5, 5.41) is 8.64. The molecule has 1 aromatic carbocycles. The molecule has 0 amide bonds. The number of halogens is 2. The Labute approximate surface area is 105 Å². The van der Waals surface area contributed by atoms with Gasteiger partial charge in [-0.1, -0.05) is 6.92 Å². The molecular formula is C13H17F2NO2. The summed E-state index contributed by atoms with van der Waals surface area (Å²) in [4.78, 5) is 10.5. The maximum absolute atomic E-state index is 13.6. The molecule has 2 unspecified atom stereocenters. The van der Waals surface area contributed by atoms with Crippen molar-refractivity contribution in [3.63, 3.8) is 0 Å². The van der Waals surface area contributed by atoms with Crippen LogP contribution in [-0.4, -0.2) is 11.1 Å². The zero-order valence-corrected chi connectivity index (χ0v) is 10.4. The zero-order valence-electron chi connectivity index (χ0n) is 10.4. The summed E-state index contributed by atoms with van der Waals surface area (Å²) in [5.41, 5.74) is 6.39. The lowest BCUT2D eigenvalue weighted by atomic mass is 9.93. The first-order valence-corrected chi connectivity index (χ1v) is 5.74. The zero-order chi connectivity index (χ0) is 13.9. The third-order valence-corrected chi connectivity index (χ3v) is 2.86. The quantitative estimate of drug-likeness (QED) is 0.852. The number of aliphatic carboxylic acids is 1. The Hall–Kier alpha value is -1.49. The third-order valence-electron chi connectivity index (χ3n) is 2.86. The van der Waals surface area contributed by atoms with E-state index in [2.05, 4.69) is 0 Å². The van der Waals surface area contributed by atoms with Crippen LogP contribution in [0, 0.1) is 24.5 Å². The number of rotatable bonds is 5. The molecule has 0 heterocycles. The molecular weight excluding hydrogens is 240 g/mol. The standard InChI is InChI=1S/C13H17F2NO2/c1-7(4-13(17)18)3-12(16)9-5-8(2)10(14)6-11(9)15/h5-7,12H,3-4,16H2,1-2H3,(H,17,18). The van der Waals surface area contributed by atoms with Crippen LogP contribution in [0.25, 0.3) is 0 Å². The van der Waals surface area contributed by atoms with Crippen molar-refractivity contribution in [3.8, 4) is 0 Å². The number of benzene rings is 1. The van der Waals surface area contributed by atoms with Gasteiger partial charge in [-0.05, 0) is 30.9 Å². The maximum Gasteiger partial charge on any atom is 0.303 e. The van der Waals surface area contributed by atoms with E-state index in [1.807, 2.05) is 0 Å². The molecule has 3 N–H and O–H groups in total. The molecule has 0 aliphatic carbocycles. The lowest BCUT2D eigenvalue weighted by Gasteiger charge is -2.17. The van der Waals surface area contributed by atoms with E-state index in [0.29, 0.717) is 12.0 Å². The van der Waals surface area contributed by atoms with Crippen LogP contribution in [0.3, 0.4) is 0 Å². The number of carbonyl (C=O) groups is 1. The van der Waals surface area contributed by atoms with Crippen molar-refractivity contribution < 1.29 is 18.7 Å². The Kier molecular flexibility index (Phi) is 4.78. The minimum Gasteiger partial charge on any atom is -0.481 e. The monoisotopic (exact) mass is 257 g/mol. The molecule has 0 aliphatic rings. The van der Waals surface area contributed by atoms with Crippen molar-refractivity contribution >= 4 is 5.97 Å². The maximum atomic E-state index is 13.6. The van der Waals surface area contributed by atoms with E-state index in [0.717, 1.165) is 6.07 Å². The van der Waals surface area contributed by atoms with Gasteiger partial charge in [-0.3, -0.25) is 4.79 Å². The van der Waals surface area contributed by atoms with Gasteiger partial charge in [0.25, 0.3) is 0 Å². The van der Waals surface area contributed by atoms with E-state index in [1.54, 1.807) is 6.92 Å². The minimum absolute atomic E-state index is 0.0184. The van der Waals surface area contributed by atoms with Crippen LogP contribution >= 0.6 is 0 Å². The van der Waals surface area contributed by atoms with Gasteiger partial charge in [-0.25, -0.2) is 8.78 Å². The Balaban J connectivity index is 2.81. The summed E-state index contributed by atoms with van der Waals surface area (Å²) in [7, 11) is 0. The van der Waals surface area contributed by atoms with Crippen LogP contribution in [0.5, 0.6) is 0 Å². The van der Waals surface area contributed by atoms with Crippen molar-refractivity contribution in [2.75, 3.05) is 0 Å². The molecule has 5 heteroatoms. The average Bonchev–Trinajstić information content (AvgIpc) is 2.21. The van der Waals surface area contributed by atoms with Crippen LogP contribution in [-0.2, 0) is 4.79 Å². The number of hydrogen-bond acceptors (Lipinski definition) is 2. The number of nitrogens with two attached hydrogens (primary N) is 1. The smallest absolute Gasteiger partial charge is 0.303 e. The van der Waals surface area contributed by atoms with E-state index in [4.69, 9.17) is 10.8 Å². The SMILES string of the molecule is Cc1cc(C(N)CC(C)CC(=O)O)c(F)cc1F. The van der Waals surface area contributed by atoms with Crippen LogP contribution in [0.1, 0.15) is 36.9 Å². The van der Waals surface area contributed by atoms with E-state index in [9.17, 15) is 13.6 Å². The summed E-state index contributed by atoms with van der Waals surface area (Å²) in [5.74, 6) is -2.37. The summed E-state index contributed by atoms with van der Waals surface area (Å²) in [6, 6.07) is 1.56. The highest BCUT2D eigenvalue weighted by atomic mass is 19.1. The molecule has 1 aromatic rings. The van der Waals surface area contributed by atoms with Gasteiger partial charge in [-0.2, -0.15) is 0 Å². The molecule has 0 fully saturated rings. The first-order valence-electron chi connectivity index (χ1n) is 5.74. The largest absolute Gasteiger partial charge is 0.481 e. The van der Waals surface area contributed by atoms with Gasteiger partial charge in [0.1, 0.15) is 11.6 Å². The topological polar surface area (TPSA) is 63.3 Å². The summed E-state index contributed by atoms with van der Waals surface area (Å²) < 4.78 is 26.7. The van der Waals surface area contributed by atoms with Gasteiger partial charge < -0.3 is 10.8 Å². The molecule has 0 radical (unpaired) electrons. The highest BCUT2D eigenvalue weighted by molar-refractivity contribution is 5.66. The molecule has 100 valence electrons. The summed E-state index contributed by atoms with van der Waals surface area (Å²) >= 11 is 0. The van der Waals surface area contributed by atoms with Crippen LogP contribution in [0.4, 0.5) is 8.78 Å². The van der Waals surface area contributed by atoms with Crippen LogP contribution < -0.4 is 5.73 Å². The van der Waals surface area contributed by atoms with Crippen molar-refractivity contribution in [1.29, 1.82) is 0 Å². The summed E-state index contributed by atoms with van der Waals surface area (Å²) in [6.45, 7) is 3.27. The Bertz CT molecular complexity index is 449. The van der Waals surface area contributed by atoms with Gasteiger partial charge in [0.05, 0.1) is 0 Å². The van der Waals surface area contributed by atoms with E-state index in [-0.39, 0.29) is 17.9 Å². The Morgan fingerprint density at radius 2 is 2.00 bits per heavy atom. The Morgan fingerprint density at radius 3 is 2.56 bits per heavy atom. The Morgan fingerprint density at radius 1 is 1.39 bits per heavy atom. The molecule has 1 rings (SSSR count). The van der Waals surface area contributed by atoms with Crippen LogP contribution in [0.2, 0.25) is 0 Å². The highest BCUT2D eigenvalue weighted by Crippen LogP contribution is 2.25. The second kappa shape index (κ2) is 5.91. The normalized spacial score (nSPS) is 14.3. The fraction of sp³-hybridized carbons (Fsp3) is 0.462. The van der Waals surface area contributed by atoms with Crippen molar-refractivity contribution in [2.24, 2.45) is 11.7 Å². The second-order valence-corrected chi connectivity index (χ2v) is 4.67. The second-order valence-electron chi connectivity index (χ2n) is 4.67. The van der Waals surface area contributed by atoms with Crippen molar-refractivity contribution in [1.82, 2.24) is 0 Å². The minimum atomic E-state index is -0.912. The number of hydrogen-bond donors (Lipinski definition) is 2. The first-order chi connectivity index (χ1) is 8.31. The lowest BCUT2D eigenvalue weighted by Crippen LogP contribution is -2.17. The van der Waals surface area contributed by atoms with Crippen molar-refractivity contribution in [2.45, 2.75) is 32.7 Å². The van der Waals surface area contributed by atoms with E-state index in [1.165, 1.54) is 13.0 Å². The number of carboxylic acid groups (broad SMARTS) is 1. The van der Waals surface area contributed by atoms with Crippen LogP contribution in [0.15, 0.2) is 12.1 Å². The van der Waals surface area contributed by atoms with E-state index >= 15 is 0 Å². The molecule has 0 spiro atoms. The lowest BCUT2D eigenvalue weighted by molar-refractivity contribution is -0.138. The van der Waals surface area contributed by atoms with Gasteiger partial charge in [0, 0.05) is 24.1 Å². The predicted molar refractivity (Wildman–Crippen MR) is 64.1 cm³/mol. The summed E-state index contributed by atoms with van der Waals surface area (Å²) in [6.07, 6.45) is 0.323. The average molecular weight is 257 g/mol. The molecule has 18 heavy (non-hydrogen) atoms. The third kappa shape index (κ3) is 3.77. The van der Waals surface area contributed by atoms with Gasteiger partial charge >= 0.3 is 5.97 Å². The molecule has 3 nitrogen and oxygen atoms in total. The van der Waals surface area contributed by atoms with Crippen molar-refractivity contribution in [3.05, 3.63) is 34.9 Å². The predicted octanol–water partition coefficient (Wildman–Crippen LogP) is 2.77. The molecule has 0 bridgehead atoms. The van der Waals surface area contributed by atoms with E-state index < -0.39 is 23.6 Å². The van der Waals surface area contributed by atoms with Gasteiger partial charge in [0.15, 0.2) is 0 Å².